The molecule has 2 atom stereocenters. The molecule has 0 saturated heterocycles. The summed E-state index contributed by atoms with van der Waals surface area (Å²) in [4.78, 5) is 0. The van der Waals surface area contributed by atoms with Gasteiger partial charge in [-0.15, -0.1) is 0 Å². The van der Waals surface area contributed by atoms with Crippen molar-refractivity contribution in [3.8, 4) is 0 Å². The van der Waals surface area contributed by atoms with Crippen LogP contribution in [0.4, 0.5) is 0 Å². The van der Waals surface area contributed by atoms with Crippen molar-refractivity contribution in [1.29, 1.82) is 0 Å². The molecule has 14 heavy (non-hydrogen) atoms. The summed E-state index contributed by atoms with van der Waals surface area (Å²) in [7, 11) is 0. The van der Waals surface area contributed by atoms with Gasteiger partial charge in [-0.1, -0.05) is 13.8 Å². The second-order valence-electron chi connectivity index (χ2n) is 3.45. The summed E-state index contributed by atoms with van der Waals surface area (Å²) >= 11 is 0. The van der Waals surface area contributed by atoms with E-state index in [4.69, 9.17) is 5.73 Å². The van der Waals surface area contributed by atoms with Gasteiger partial charge in [0.2, 0.25) is 0 Å². The van der Waals surface area contributed by atoms with Crippen LogP contribution in [0.15, 0.2) is 0 Å². The van der Waals surface area contributed by atoms with E-state index in [1.807, 2.05) is 13.8 Å². The van der Waals surface area contributed by atoms with Crippen molar-refractivity contribution in [2.75, 3.05) is 26.2 Å². The molecular weight excluding hydrogens is 178 g/mol. The summed E-state index contributed by atoms with van der Waals surface area (Å²) in [6.45, 7) is 7.21. The first-order chi connectivity index (χ1) is 6.76. The third kappa shape index (κ3) is 6.32. The molecular formula is C10H24N3O. The summed E-state index contributed by atoms with van der Waals surface area (Å²) in [6.07, 6.45) is 1.12. The number of hydrogen-bond acceptors (Lipinski definition) is 3. The Kier molecular flexibility index (Phi) is 9.29. The molecule has 0 amide bonds. The van der Waals surface area contributed by atoms with Crippen molar-refractivity contribution < 1.29 is 5.11 Å². The minimum Gasteiger partial charge on any atom is -0.329 e. The van der Waals surface area contributed by atoms with E-state index in [1.165, 1.54) is 0 Å². The molecule has 0 aliphatic rings. The van der Waals surface area contributed by atoms with Crippen LogP contribution in [-0.2, 0) is 5.11 Å². The highest BCUT2D eigenvalue weighted by molar-refractivity contribution is 4.73. The van der Waals surface area contributed by atoms with Gasteiger partial charge in [-0.05, 0) is 12.8 Å². The first-order valence-corrected chi connectivity index (χ1v) is 5.56. The number of nitrogens with two attached hydrogens (primary N) is 1. The monoisotopic (exact) mass is 202 g/mol. The smallest absolute Gasteiger partial charge is 0.108 e. The molecule has 0 aromatic rings. The van der Waals surface area contributed by atoms with Crippen LogP contribution in [0, 0.1) is 0 Å². The first-order valence-electron chi connectivity index (χ1n) is 5.56. The van der Waals surface area contributed by atoms with Gasteiger partial charge in [0.25, 0.3) is 0 Å². The van der Waals surface area contributed by atoms with Crippen molar-refractivity contribution in [3.05, 3.63) is 0 Å². The maximum Gasteiger partial charge on any atom is 0.108 e. The summed E-state index contributed by atoms with van der Waals surface area (Å²) in [5.41, 5.74) is 5.33. The van der Waals surface area contributed by atoms with Crippen LogP contribution in [0.2, 0.25) is 0 Å². The molecule has 0 aliphatic carbocycles. The van der Waals surface area contributed by atoms with E-state index in [-0.39, 0.29) is 6.04 Å². The maximum absolute atomic E-state index is 11.4. The quantitative estimate of drug-likeness (QED) is 0.465. The lowest BCUT2D eigenvalue weighted by atomic mass is 10.1. The van der Waals surface area contributed by atoms with E-state index in [9.17, 15) is 5.11 Å². The molecule has 0 heterocycles. The van der Waals surface area contributed by atoms with Gasteiger partial charge in [-0.25, -0.2) is 5.11 Å². The van der Waals surface area contributed by atoms with E-state index in [1.54, 1.807) is 0 Å². The lowest BCUT2D eigenvalue weighted by Gasteiger charge is -2.20. The fourth-order valence-corrected chi connectivity index (χ4v) is 1.40. The molecule has 0 fully saturated rings. The molecule has 0 saturated carbocycles. The highest BCUT2D eigenvalue weighted by Crippen LogP contribution is 2.02. The number of nitrogens with one attached hydrogen (secondary N) is 2. The molecule has 0 aliphatic heterocycles. The minimum atomic E-state index is -0.477. The van der Waals surface area contributed by atoms with Crippen molar-refractivity contribution >= 4 is 0 Å². The van der Waals surface area contributed by atoms with E-state index < -0.39 is 6.10 Å². The largest absolute Gasteiger partial charge is 0.329 e. The Morgan fingerprint density at radius 3 is 2.36 bits per heavy atom. The van der Waals surface area contributed by atoms with Crippen LogP contribution in [0.25, 0.3) is 0 Å². The van der Waals surface area contributed by atoms with E-state index >= 15 is 0 Å². The van der Waals surface area contributed by atoms with Crippen LogP contribution in [0.1, 0.15) is 26.7 Å². The predicted octanol–water partition coefficient (Wildman–Crippen LogP) is 0.112. The van der Waals surface area contributed by atoms with Gasteiger partial charge < -0.3 is 16.4 Å². The van der Waals surface area contributed by atoms with Gasteiger partial charge in [0, 0.05) is 32.2 Å². The van der Waals surface area contributed by atoms with Crippen molar-refractivity contribution in [2.24, 2.45) is 5.73 Å². The fourth-order valence-electron chi connectivity index (χ4n) is 1.40. The van der Waals surface area contributed by atoms with Crippen LogP contribution in [-0.4, -0.2) is 38.3 Å². The first kappa shape index (κ1) is 13.8. The normalized spacial score (nSPS) is 15.4. The molecule has 2 unspecified atom stereocenters. The zero-order valence-corrected chi connectivity index (χ0v) is 9.38. The summed E-state index contributed by atoms with van der Waals surface area (Å²) < 4.78 is 0. The summed E-state index contributed by atoms with van der Waals surface area (Å²) in [5, 5.41) is 17.9. The SMILES string of the molecule is CCC([O])C(CC)NCCNCCN. The number of hydrogen-bond donors (Lipinski definition) is 3. The van der Waals surface area contributed by atoms with Gasteiger partial charge in [0.05, 0.1) is 0 Å². The van der Waals surface area contributed by atoms with Gasteiger partial charge in [0.1, 0.15) is 6.10 Å². The third-order valence-electron chi connectivity index (χ3n) is 2.32. The van der Waals surface area contributed by atoms with Gasteiger partial charge in [0.15, 0.2) is 0 Å². The van der Waals surface area contributed by atoms with Crippen molar-refractivity contribution in [1.82, 2.24) is 10.6 Å². The standard InChI is InChI=1S/C10H24N3O/c1-3-9(10(14)4-2)13-8-7-12-6-5-11/h9-10,12-13H,3-8,11H2,1-2H3. The molecule has 4 heteroatoms. The zero-order chi connectivity index (χ0) is 10.8. The second kappa shape index (κ2) is 9.40. The highest BCUT2D eigenvalue weighted by Gasteiger charge is 2.15. The Morgan fingerprint density at radius 1 is 1.14 bits per heavy atom. The lowest BCUT2D eigenvalue weighted by molar-refractivity contribution is 0.0494. The van der Waals surface area contributed by atoms with Crippen molar-refractivity contribution in [2.45, 2.75) is 38.8 Å². The third-order valence-corrected chi connectivity index (χ3v) is 2.32. The molecule has 0 spiro atoms. The Balaban J connectivity index is 3.42. The van der Waals surface area contributed by atoms with Gasteiger partial charge in [-0.2, -0.15) is 0 Å². The highest BCUT2D eigenvalue weighted by atomic mass is 16.3. The van der Waals surface area contributed by atoms with Gasteiger partial charge in [-0.3, -0.25) is 0 Å². The van der Waals surface area contributed by atoms with E-state index in [0.717, 1.165) is 26.1 Å². The molecule has 1 radical (unpaired) electrons. The zero-order valence-electron chi connectivity index (χ0n) is 9.38. The summed E-state index contributed by atoms with van der Waals surface area (Å²) in [6, 6.07) is 0.111. The molecule has 4 N–H and O–H groups in total. The van der Waals surface area contributed by atoms with Gasteiger partial charge >= 0.3 is 0 Å². The van der Waals surface area contributed by atoms with Crippen LogP contribution in [0.5, 0.6) is 0 Å². The minimum absolute atomic E-state index is 0.111. The Labute approximate surface area is 87.3 Å². The second-order valence-corrected chi connectivity index (χ2v) is 3.45. The van der Waals surface area contributed by atoms with E-state index in [0.29, 0.717) is 13.0 Å². The van der Waals surface area contributed by atoms with Crippen molar-refractivity contribution in [3.63, 3.8) is 0 Å². The predicted molar refractivity (Wildman–Crippen MR) is 58.8 cm³/mol. The maximum atomic E-state index is 11.4. The van der Waals surface area contributed by atoms with Crippen LogP contribution >= 0.6 is 0 Å². The molecule has 85 valence electrons. The Bertz CT molecular complexity index is 122. The molecule has 0 aromatic carbocycles. The Morgan fingerprint density at radius 2 is 1.86 bits per heavy atom. The molecule has 0 bridgehead atoms. The molecule has 0 aromatic heterocycles. The lowest BCUT2D eigenvalue weighted by Crippen LogP contribution is -2.42. The topological polar surface area (TPSA) is 70.0 Å². The average Bonchev–Trinajstić information content (AvgIpc) is 2.22. The molecule has 4 nitrogen and oxygen atoms in total. The average molecular weight is 202 g/mol. The molecule has 0 rings (SSSR count). The van der Waals surface area contributed by atoms with E-state index in [2.05, 4.69) is 10.6 Å². The van der Waals surface area contributed by atoms with Crippen LogP contribution < -0.4 is 16.4 Å². The van der Waals surface area contributed by atoms with Crippen LogP contribution in [0.3, 0.4) is 0 Å². The summed E-state index contributed by atoms with van der Waals surface area (Å²) in [5.74, 6) is 0. The number of rotatable bonds is 9. The Hall–Kier alpha value is -0.160. The fraction of sp³-hybridized carbons (Fsp3) is 1.00.